The van der Waals surface area contributed by atoms with Crippen molar-refractivity contribution in [1.82, 2.24) is 0 Å². The quantitative estimate of drug-likeness (QED) is 0.611. The zero-order valence-corrected chi connectivity index (χ0v) is 10.4. The van der Waals surface area contributed by atoms with Gasteiger partial charge in [-0.1, -0.05) is 18.2 Å². The molecule has 0 amide bonds. The molecule has 0 N–H and O–H groups in total. The summed E-state index contributed by atoms with van der Waals surface area (Å²) in [5.74, 6) is 1.23. The van der Waals surface area contributed by atoms with Crippen LogP contribution in [0.2, 0.25) is 0 Å². The van der Waals surface area contributed by atoms with E-state index in [0.29, 0.717) is 17.1 Å². The number of nitrogens with zero attached hydrogens (tertiary/aromatic N) is 1. The topological polar surface area (TPSA) is 61.6 Å². The number of hydrogen-bond acceptors (Lipinski definition) is 4. The highest BCUT2D eigenvalue weighted by Gasteiger charge is 2.15. The average Bonchev–Trinajstić information content (AvgIpc) is 2.45. The van der Waals surface area contributed by atoms with Crippen LogP contribution in [0.4, 0.5) is 5.69 Å². The van der Waals surface area contributed by atoms with Gasteiger partial charge in [0.2, 0.25) is 0 Å². The normalized spacial score (nSPS) is 9.95. The van der Waals surface area contributed by atoms with Crippen LogP contribution < -0.4 is 9.47 Å². The van der Waals surface area contributed by atoms with Crippen LogP contribution in [-0.2, 0) is 6.61 Å². The first kappa shape index (κ1) is 12.9. The van der Waals surface area contributed by atoms with Gasteiger partial charge in [-0.25, -0.2) is 0 Å². The maximum absolute atomic E-state index is 10.9. The summed E-state index contributed by atoms with van der Waals surface area (Å²) in [5.41, 5.74) is 0.505. The minimum atomic E-state index is -0.427. The molecule has 0 aliphatic rings. The Labute approximate surface area is 110 Å². The van der Waals surface area contributed by atoms with Crippen molar-refractivity contribution in [3.05, 3.63) is 64.2 Å². The first-order chi connectivity index (χ1) is 9.20. The van der Waals surface area contributed by atoms with Gasteiger partial charge in [0.1, 0.15) is 18.1 Å². The molecule has 0 saturated carbocycles. The molecule has 98 valence electrons. The van der Waals surface area contributed by atoms with E-state index in [0.717, 1.165) is 0 Å². The number of methoxy groups -OCH3 is 1. The van der Waals surface area contributed by atoms with Crippen LogP contribution in [0.3, 0.4) is 0 Å². The van der Waals surface area contributed by atoms with E-state index >= 15 is 0 Å². The molecule has 19 heavy (non-hydrogen) atoms. The highest BCUT2D eigenvalue weighted by molar-refractivity contribution is 5.45. The molecule has 0 atom stereocenters. The summed E-state index contributed by atoms with van der Waals surface area (Å²) < 4.78 is 10.6. The SMILES string of the molecule is COc1ccc([N+](=O)[O-])c(COc2ccccc2)c1. The lowest BCUT2D eigenvalue weighted by Crippen LogP contribution is -2.01. The predicted octanol–water partition coefficient (Wildman–Crippen LogP) is 3.18. The Morgan fingerprint density at radius 1 is 1.11 bits per heavy atom. The Balaban J connectivity index is 2.20. The van der Waals surface area contributed by atoms with Crippen LogP contribution in [0, 0.1) is 10.1 Å². The molecule has 0 spiro atoms. The van der Waals surface area contributed by atoms with E-state index < -0.39 is 4.92 Å². The lowest BCUT2D eigenvalue weighted by molar-refractivity contribution is -0.385. The van der Waals surface area contributed by atoms with E-state index in [4.69, 9.17) is 9.47 Å². The fourth-order valence-electron chi connectivity index (χ4n) is 1.66. The fraction of sp³-hybridized carbons (Fsp3) is 0.143. The third-order valence-electron chi connectivity index (χ3n) is 2.62. The minimum Gasteiger partial charge on any atom is -0.497 e. The summed E-state index contributed by atoms with van der Waals surface area (Å²) in [6.45, 7) is 0.123. The maximum atomic E-state index is 10.9. The molecule has 0 bridgehead atoms. The van der Waals surface area contributed by atoms with Gasteiger partial charge < -0.3 is 9.47 Å². The van der Waals surface area contributed by atoms with Crippen molar-refractivity contribution < 1.29 is 14.4 Å². The third kappa shape index (κ3) is 3.22. The highest BCUT2D eigenvalue weighted by Crippen LogP contribution is 2.25. The average molecular weight is 259 g/mol. The molecule has 0 saturated heterocycles. The number of nitro groups is 1. The van der Waals surface area contributed by atoms with Crippen LogP contribution in [0.1, 0.15) is 5.56 Å². The Kier molecular flexibility index (Phi) is 3.97. The van der Waals surface area contributed by atoms with Crippen molar-refractivity contribution in [3.63, 3.8) is 0 Å². The van der Waals surface area contributed by atoms with E-state index in [1.54, 1.807) is 24.3 Å². The van der Waals surface area contributed by atoms with Crippen molar-refractivity contribution in [2.24, 2.45) is 0 Å². The Bertz CT molecular complexity index is 569. The minimum absolute atomic E-state index is 0.0248. The second-order valence-electron chi connectivity index (χ2n) is 3.85. The lowest BCUT2D eigenvalue weighted by atomic mass is 10.2. The Hall–Kier alpha value is -2.56. The first-order valence-corrected chi connectivity index (χ1v) is 5.70. The van der Waals surface area contributed by atoms with Crippen LogP contribution in [-0.4, -0.2) is 12.0 Å². The van der Waals surface area contributed by atoms with Gasteiger partial charge in [0.05, 0.1) is 17.6 Å². The summed E-state index contributed by atoms with van der Waals surface area (Å²) in [5, 5.41) is 10.9. The van der Waals surface area contributed by atoms with Crippen LogP contribution in [0.25, 0.3) is 0 Å². The van der Waals surface area contributed by atoms with Crippen LogP contribution in [0.5, 0.6) is 11.5 Å². The molecule has 5 heteroatoms. The number of benzene rings is 2. The fourth-order valence-corrected chi connectivity index (χ4v) is 1.66. The number of para-hydroxylation sites is 1. The van der Waals surface area contributed by atoms with E-state index in [-0.39, 0.29) is 12.3 Å². The molecule has 0 heterocycles. The van der Waals surface area contributed by atoms with Gasteiger partial charge in [0.25, 0.3) is 5.69 Å². The monoisotopic (exact) mass is 259 g/mol. The van der Waals surface area contributed by atoms with Crippen molar-refractivity contribution in [3.8, 4) is 11.5 Å². The molecule has 2 aromatic carbocycles. The zero-order valence-electron chi connectivity index (χ0n) is 10.4. The first-order valence-electron chi connectivity index (χ1n) is 5.70. The van der Waals surface area contributed by atoms with E-state index in [1.165, 1.54) is 13.2 Å². The van der Waals surface area contributed by atoms with E-state index in [9.17, 15) is 10.1 Å². The molecule has 5 nitrogen and oxygen atoms in total. The largest absolute Gasteiger partial charge is 0.497 e. The van der Waals surface area contributed by atoms with Gasteiger partial charge in [-0.2, -0.15) is 0 Å². The summed E-state index contributed by atoms with van der Waals surface area (Å²) in [7, 11) is 1.52. The summed E-state index contributed by atoms with van der Waals surface area (Å²) >= 11 is 0. The Morgan fingerprint density at radius 3 is 2.47 bits per heavy atom. The van der Waals surface area contributed by atoms with Crippen molar-refractivity contribution in [2.75, 3.05) is 7.11 Å². The highest BCUT2D eigenvalue weighted by atomic mass is 16.6. The van der Waals surface area contributed by atoms with E-state index in [2.05, 4.69) is 0 Å². The van der Waals surface area contributed by atoms with Crippen molar-refractivity contribution in [2.45, 2.75) is 6.61 Å². The van der Waals surface area contributed by atoms with E-state index in [1.807, 2.05) is 18.2 Å². The number of hydrogen-bond donors (Lipinski definition) is 0. The second-order valence-corrected chi connectivity index (χ2v) is 3.85. The number of rotatable bonds is 5. The molecular weight excluding hydrogens is 246 g/mol. The predicted molar refractivity (Wildman–Crippen MR) is 70.4 cm³/mol. The smallest absolute Gasteiger partial charge is 0.276 e. The molecule has 0 unspecified atom stereocenters. The van der Waals surface area contributed by atoms with Gasteiger partial charge in [0, 0.05) is 6.07 Å². The molecule has 0 aliphatic carbocycles. The van der Waals surface area contributed by atoms with Crippen LogP contribution in [0.15, 0.2) is 48.5 Å². The Morgan fingerprint density at radius 2 is 1.84 bits per heavy atom. The summed E-state index contributed by atoms with van der Waals surface area (Å²) in [4.78, 5) is 10.5. The second kappa shape index (κ2) is 5.86. The third-order valence-corrected chi connectivity index (χ3v) is 2.62. The maximum Gasteiger partial charge on any atom is 0.276 e. The van der Waals surface area contributed by atoms with Gasteiger partial charge in [-0.3, -0.25) is 10.1 Å². The molecular formula is C14H13NO4. The van der Waals surface area contributed by atoms with Gasteiger partial charge in [-0.05, 0) is 24.3 Å². The van der Waals surface area contributed by atoms with Crippen LogP contribution >= 0.6 is 0 Å². The lowest BCUT2D eigenvalue weighted by Gasteiger charge is -2.08. The van der Waals surface area contributed by atoms with Gasteiger partial charge in [-0.15, -0.1) is 0 Å². The molecule has 0 aliphatic heterocycles. The van der Waals surface area contributed by atoms with Gasteiger partial charge >= 0.3 is 0 Å². The standard InChI is InChI=1S/C14H13NO4/c1-18-13-7-8-14(15(16)17)11(9-13)10-19-12-5-3-2-4-6-12/h2-9H,10H2,1H3. The van der Waals surface area contributed by atoms with Crippen molar-refractivity contribution in [1.29, 1.82) is 0 Å². The molecule has 0 radical (unpaired) electrons. The summed E-state index contributed by atoms with van der Waals surface area (Å²) in [6.07, 6.45) is 0. The van der Waals surface area contributed by atoms with Crippen molar-refractivity contribution >= 4 is 5.69 Å². The number of nitro benzene ring substituents is 1. The molecule has 2 rings (SSSR count). The molecule has 0 fully saturated rings. The number of ether oxygens (including phenoxy) is 2. The molecule has 0 aromatic heterocycles. The zero-order chi connectivity index (χ0) is 13.7. The van der Waals surface area contributed by atoms with Gasteiger partial charge in [0.15, 0.2) is 0 Å². The molecule has 2 aromatic rings. The summed E-state index contributed by atoms with van der Waals surface area (Å²) in [6, 6.07) is 13.7.